The van der Waals surface area contributed by atoms with E-state index in [0.29, 0.717) is 6.54 Å². The van der Waals surface area contributed by atoms with Crippen molar-refractivity contribution < 1.29 is 9.53 Å². The van der Waals surface area contributed by atoms with Gasteiger partial charge in [0.2, 0.25) is 0 Å². The molecule has 18 heavy (non-hydrogen) atoms. The van der Waals surface area contributed by atoms with Crippen molar-refractivity contribution in [1.82, 2.24) is 4.90 Å². The minimum Gasteiger partial charge on any atom is -0.441 e. The van der Waals surface area contributed by atoms with E-state index in [0.717, 1.165) is 19.3 Å². The zero-order valence-electron chi connectivity index (χ0n) is 11.9. The van der Waals surface area contributed by atoms with Crippen LogP contribution in [0.25, 0.3) is 0 Å². The van der Waals surface area contributed by atoms with Crippen LogP contribution in [-0.2, 0) is 4.74 Å². The summed E-state index contributed by atoms with van der Waals surface area (Å²) in [5.41, 5.74) is -0.268. The molecule has 1 atom stereocenters. The van der Waals surface area contributed by atoms with E-state index in [1.165, 1.54) is 32.1 Å². The molecule has 0 radical (unpaired) electrons. The molecule has 1 saturated heterocycles. The first-order valence-corrected chi connectivity index (χ1v) is 7.29. The highest BCUT2D eigenvalue weighted by atomic mass is 16.6. The van der Waals surface area contributed by atoms with Gasteiger partial charge >= 0.3 is 6.09 Å². The third-order valence-corrected chi connectivity index (χ3v) is 3.85. The van der Waals surface area contributed by atoms with Crippen LogP contribution in [0.4, 0.5) is 4.79 Å². The molecule has 1 aliphatic heterocycles. The fourth-order valence-corrected chi connectivity index (χ4v) is 2.51. The van der Waals surface area contributed by atoms with Crippen LogP contribution >= 0.6 is 0 Å². The van der Waals surface area contributed by atoms with Crippen molar-refractivity contribution in [2.45, 2.75) is 70.8 Å². The number of carbonyl (C=O) groups is 1. The van der Waals surface area contributed by atoms with Gasteiger partial charge in [-0.15, -0.1) is 0 Å². The van der Waals surface area contributed by atoms with E-state index in [9.17, 15) is 4.79 Å². The maximum Gasteiger partial charge on any atom is 0.414 e. The molecule has 1 amide bonds. The normalized spacial score (nSPS) is 23.2. The van der Waals surface area contributed by atoms with E-state index in [1.54, 1.807) is 11.1 Å². The molecular weight excluding hydrogens is 226 g/mol. The maximum absolute atomic E-state index is 11.6. The zero-order valence-corrected chi connectivity index (χ0v) is 11.9. The van der Waals surface area contributed by atoms with Crippen molar-refractivity contribution in [3.05, 3.63) is 12.8 Å². The molecule has 3 nitrogen and oxygen atoms in total. The van der Waals surface area contributed by atoms with Crippen LogP contribution in [0.2, 0.25) is 0 Å². The second-order valence-corrected chi connectivity index (χ2v) is 5.23. The largest absolute Gasteiger partial charge is 0.441 e. The maximum atomic E-state index is 11.6. The number of ether oxygens (including phenoxy) is 1. The minimum absolute atomic E-state index is 0.238. The summed E-state index contributed by atoms with van der Waals surface area (Å²) in [5, 5.41) is 0. The molecule has 1 fully saturated rings. The SMILES string of the molecule is C=CN1CC(CC)(CCCCCCCC)OC1=O. The number of amides is 1. The first-order valence-electron chi connectivity index (χ1n) is 7.29. The molecule has 1 aliphatic rings. The Morgan fingerprint density at radius 2 is 1.94 bits per heavy atom. The van der Waals surface area contributed by atoms with Gasteiger partial charge in [0.05, 0.1) is 6.54 Å². The second kappa shape index (κ2) is 7.45. The van der Waals surface area contributed by atoms with E-state index in [4.69, 9.17) is 4.74 Å². The van der Waals surface area contributed by atoms with Crippen LogP contribution in [0.3, 0.4) is 0 Å². The quantitative estimate of drug-likeness (QED) is 0.567. The summed E-state index contributed by atoms with van der Waals surface area (Å²) < 4.78 is 5.55. The number of unbranched alkanes of at least 4 members (excludes halogenated alkanes) is 5. The first kappa shape index (κ1) is 15.1. The Balaban J connectivity index is 2.29. The Kier molecular flexibility index (Phi) is 6.23. The summed E-state index contributed by atoms with van der Waals surface area (Å²) in [6.45, 7) is 8.64. The number of rotatable bonds is 9. The van der Waals surface area contributed by atoms with E-state index in [2.05, 4.69) is 20.4 Å². The summed E-state index contributed by atoms with van der Waals surface area (Å²) in [6, 6.07) is 0. The van der Waals surface area contributed by atoms with Crippen LogP contribution < -0.4 is 0 Å². The molecule has 0 aromatic heterocycles. The van der Waals surface area contributed by atoms with Crippen molar-refractivity contribution in [1.29, 1.82) is 0 Å². The van der Waals surface area contributed by atoms with Crippen LogP contribution in [0.5, 0.6) is 0 Å². The molecule has 104 valence electrons. The highest BCUT2D eigenvalue weighted by molar-refractivity contribution is 5.71. The minimum atomic E-state index is -0.268. The molecule has 0 saturated carbocycles. The van der Waals surface area contributed by atoms with Crippen molar-refractivity contribution in [2.24, 2.45) is 0 Å². The van der Waals surface area contributed by atoms with Crippen LogP contribution in [0.1, 0.15) is 65.2 Å². The van der Waals surface area contributed by atoms with Gasteiger partial charge < -0.3 is 4.74 Å². The monoisotopic (exact) mass is 253 g/mol. The summed E-state index contributed by atoms with van der Waals surface area (Å²) in [7, 11) is 0. The van der Waals surface area contributed by atoms with E-state index >= 15 is 0 Å². The smallest absolute Gasteiger partial charge is 0.414 e. The zero-order chi connectivity index (χ0) is 13.4. The molecule has 1 rings (SSSR count). The van der Waals surface area contributed by atoms with E-state index in [1.807, 2.05) is 0 Å². The van der Waals surface area contributed by atoms with Crippen LogP contribution in [-0.4, -0.2) is 23.1 Å². The van der Waals surface area contributed by atoms with Gasteiger partial charge in [0.1, 0.15) is 5.60 Å². The predicted molar refractivity (Wildman–Crippen MR) is 74.4 cm³/mol. The summed E-state index contributed by atoms with van der Waals surface area (Å²) >= 11 is 0. The van der Waals surface area contributed by atoms with Gasteiger partial charge in [-0.1, -0.05) is 52.5 Å². The van der Waals surface area contributed by atoms with E-state index < -0.39 is 0 Å². The van der Waals surface area contributed by atoms with Gasteiger partial charge in [0.15, 0.2) is 0 Å². The van der Waals surface area contributed by atoms with Crippen molar-refractivity contribution in [3.8, 4) is 0 Å². The Bertz CT molecular complexity index is 278. The number of hydrogen-bond acceptors (Lipinski definition) is 2. The molecule has 0 aromatic carbocycles. The van der Waals surface area contributed by atoms with E-state index in [-0.39, 0.29) is 11.7 Å². The summed E-state index contributed by atoms with van der Waals surface area (Å²) in [6.07, 6.45) is 10.8. The Hall–Kier alpha value is -0.990. The topological polar surface area (TPSA) is 29.5 Å². The highest BCUT2D eigenvalue weighted by Gasteiger charge is 2.42. The molecule has 1 heterocycles. The molecule has 1 unspecified atom stereocenters. The molecule has 0 N–H and O–H groups in total. The van der Waals surface area contributed by atoms with Crippen molar-refractivity contribution in [3.63, 3.8) is 0 Å². The van der Waals surface area contributed by atoms with Gasteiger partial charge in [-0.25, -0.2) is 4.79 Å². The Morgan fingerprint density at radius 3 is 2.50 bits per heavy atom. The van der Waals surface area contributed by atoms with Gasteiger partial charge in [-0.3, -0.25) is 4.90 Å². The molecule has 0 aliphatic carbocycles. The Labute approximate surface area is 111 Å². The number of nitrogens with zero attached hydrogens (tertiary/aromatic N) is 1. The molecular formula is C15H27NO2. The molecule has 0 spiro atoms. The van der Waals surface area contributed by atoms with Gasteiger partial charge in [0.25, 0.3) is 0 Å². The third kappa shape index (κ3) is 4.04. The molecule has 3 heteroatoms. The molecule has 0 bridgehead atoms. The summed E-state index contributed by atoms with van der Waals surface area (Å²) in [5.74, 6) is 0. The average molecular weight is 253 g/mol. The van der Waals surface area contributed by atoms with Gasteiger partial charge in [-0.05, 0) is 19.3 Å². The van der Waals surface area contributed by atoms with Crippen molar-refractivity contribution >= 4 is 6.09 Å². The molecule has 0 aromatic rings. The average Bonchev–Trinajstić information content (AvgIpc) is 2.71. The van der Waals surface area contributed by atoms with Crippen LogP contribution in [0.15, 0.2) is 12.8 Å². The van der Waals surface area contributed by atoms with Gasteiger partial charge in [0, 0.05) is 6.20 Å². The standard InChI is InChI=1S/C15H27NO2/c1-4-7-8-9-10-11-12-15(5-2)13-16(6-3)14(17)18-15/h6H,3-5,7-13H2,1-2H3. The highest BCUT2D eigenvalue weighted by Crippen LogP contribution is 2.31. The fraction of sp³-hybridized carbons (Fsp3) is 0.800. The third-order valence-electron chi connectivity index (χ3n) is 3.85. The lowest BCUT2D eigenvalue weighted by atomic mass is 9.93. The lowest BCUT2D eigenvalue weighted by Crippen LogP contribution is -2.32. The second-order valence-electron chi connectivity index (χ2n) is 5.23. The lowest BCUT2D eigenvalue weighted by Gasteiger charge is -2.25. The van der Waals surface area contributed by atoms with Crippen molar-refractivity contribution in [2.75, 3.05) is 6.54 Å². The number of cyclic esters (lactones) is 1. The lowest BCUT2D eigenvalue weighted by molar-refractivity contribution is 0.0441. The number of hydrogen-bond donors (Lipinski definition) is 0. The van der Waals surface area contributed by atoms with Gasteiger partial charge in [-0.2, -0.15) is 0 Å². The predicted octanol–water partition coefficient (Wildman–Crippen LogP) is 4.48. The first-order chi connectivity index (χ1) is 8.67. The summed E-state index contributed by atoms with van der Waals surface area (Å²) in [4.78, 5) is 13.2. The Morgan fingerprint density at radius 1 is 1.28 bits per heavy atom. The number of carbonyl (C=O) groups excluding carboxylic acids is 1. The van der Waals surface area contributed by atoms with Crippen LogP contribution in [0, 0.1) is 0 Å². The fourth-order valence-electron chi connectivity index (χ4n) is 2.51.